The summed E-state index contributed by atoms with van der Waals surface area (Å²) >= 11 is 0. The van der Waals surface area contributed by atoms with Crippen molar-refractivity contribution in [1.82, 2.24) is 0 Å². The van der Waals surface area contributed by atoms with Crippen molar-refractivity contribution in [3.8, 4) is 11.5 Å². The molecule has 0 radical (unpaired) electrons. The van der Waals surface area contributed by atoms with Gasteiger partial charge in [0.2, 0.25) is 0 Å². The lowest BCUT2D eigenvalue weighted by atomic mass is 9.84. The first-order valence-corrected chi connectivity index (χ1v) is 7.46. The van der Waals surface area contributed by atoms with Crippen LogP contribution in [-0.4, -0.2) is 14.2 Å². The average molecular weight is 295 g/mol. The van der Waals surface area contributed by atoms with Crippen LogP contribution in [0.5, 0.6) is 11.5 Å². The Morgan fingerprint density at radius 1 is 1.09 bits per heavy atom. The molecule has 3 heteroatoms. The third-order valence-electron chi connectivity index (χ3n) is 4.26. The highest BCUT2D eigenvalue weighted by Crippen LogP contribution is 2.45. The predicted molar refractivity (Wildman–Crippen MR) is 89.9 cm³/mol. The summed E-state index contributed by atoms with van der Waals surface area (Å²) in [6.07, 6.45) is 3.00. The van der Waals surface area contributed by atoms with Gasteiger partial charge in [-0.05, 0) is 23.6 Å². The number of fused-ring (bicyclic) bond motifs is 1. The van der Waals surface area contributed by atoms with Crippen molar-refractivity contribution in [1.29, 1.82) is 0 Å². The second-order valence-corrected chi connectivity index (χ2v) is 5.48. The molecule has 0 fully saturated rings. The molecule has 0 aromatic heterocycles. The Hall–Kier alpha value is -2.42. The average Bonchev–Trinajstić information content (AvgIpc) is 2.60. The number of methoxy groups -OCH3 is 2. The number of ether oxygens (including phenoxy) is 2. The SMILES string of the molecule is C=C[C@H]1C[C@@H](c2ccccc2)Nc2cc(OC)c(OC)cc21. The van der Waals surface area contributed by atoms with E-state index in [1.165, 1.54) is 11.1 Å². The van der Waals surface area contributed by atoms with Crippen molar-refractivity contribution in [3.05, 3.63) is 66.2 Å². The highest BCUT2D eigenvalue weighted by atomic mass is 16.5. The predicted octanol–water partition coefficient (Wildman–Crippen LogP) is 4.53. The van der Waals surface area contributed by atoms with E-state index in [-0.39, 0.29) is 6.04 Å². The first-order valence-electron chi connectivity index (χ1n) is 7.46. The summed E-state index contributed by atoms with van der Waals surface area (Å²) in [6, 6.07) is 14.8. The number of nitrogens with one attached hydrogen (secondary N) is 1. The number of hydrogen-bond acceptors (Lipinski definition) is 3. The van der Waals surface area contributed by atoms with Crippen molar-refractivity contribution < 1.29 is 9.47 Å². The summed E-state index contributed by atoms with van der Waals surface area (Å²) < 4.78 is 10.8. The molecule has 0 saturated heterocycles. The third kappa shape index (κ3) is 2.54. The smallest absolute Gasteiger partial charge is 0.162 e. The van der Waals surface area contributed by atoms with Crippen LogP contribution in [0.3, 0.4) is 0 Å². The quantitative estimate of drug-likeness (QED) is 0.841. The number of hydrogen-bond donors (Lipinski definition) is 1. The van der Waals surface area contributed by atoms with Gasteiger partial charge >= 0.3 is 0 Å². The van der Waals surface area contributed by atoms with Gasteiger partial charge in [0.1, 0.15) is 0 Å². The van der Waals surface area contributed by atoms with E-state index < -0.39 is 0 Å². The molecule has 1 N–H and O–H groups in total. The van der Waals surface area contributed by atoms with Crippen molar-refractivity contribution >= 4 is 5.69 Å². The minimum Gasteiger partial charge on any atom is -0.493 e. The van der Waals surface area contributed by atoms with Gasteiger partial charge in [0, 0.05) is 17.7 Å². The number of allylic oxidation sites excluding steroid dienone is 1. The molecule has 1 aliphatic heterocycles. The van der Waals surface area contributed by atoms with E-state index >= 15 is 0 Å². The zero-order chi connectivity index (χ0) is 15.5. The van der Waals surface area contributed by atoms with Gasteiger partial charge in [-0.1, -0.05) is 36.4 Å². The lowest BCUT2D eigenvalue weighted by Gasteiger charge is -2.33. The number of rotatable bonds is 4. The van der Waals surface area contributed by atoms with Crippen LogP contribution in [0.2, 0.25) is 0 Å². The molecule has 2 atom stereocenters. The van der Waals surface area contributed by atoms with Gasteiger partial charge in [0.05, 0.1) is 20.3 Å². The van der Waals surface area contributed by atoms with Crippen molar-refractivity contribution in [2.75, 3.05) is 19.5 Å². The molecule has 114 valence electrons. The monoisotopic (exact) mass is 295 g/mol. The molecule has 0 spiro atoms. The second kappa shape index (κ2) is 6.14. The van der Waals surface area contributed by atoms with E-state index in [0.29, 0.717) is 5.92 Å². The molecule has 0 amide bonds. The van der Waals surface area contributed by atoms with Gasteiger partial charge in [-0.25, -0.2) is 0 Å². The largest absolute Gasteiger partial charge is 0.493 e. The molecule has 0 unspecified atom stereocenters. The van der Waals surface area contributed by atoms with Crippen LogP contribution >= 0.6 is 0 Å². The standard InChI is InChI=1S/C19H21NO2/c1-4-13-10-16(14-8-6-5-7-9-14)20-17-12-19(22-3)18(21-2)11-15(13)17/h4-9,11-13,16,20H,1,10H2,2-3H3/t13-,16-/m0/s1. The summed E-state index contributed by atoms with van der Waals surface area (Å²) in [5, 5.41) is 3.62. The Labute approximate surface area is 131 Å². The summed E-state index contributed by atoms with van der Waals surface area (Å²) in [4.78, 5) is 0. The minimum atomic E-state index is 0.273. The Morgan fingerprint density at radius 3 is 2.41 bits per heavy atom. The topological polar surface area (TPSA) is 30.5 Å². The molecule has 3 nitrogen and oxygen atoms in total. The molecule has 22 heavy (non-hydrogen) atoms. The summed E-state index contributed by atoms with van der Waals surface area (Å²) in [7, 11) is 3.32. The van der Waals surface area contributed by atoms with Gasteiger partial charge in [0.25, 0.3) is 0 Å². The van der Waals surface area contributed by atoms with Crippen molar-refractivity contribution in [2.45, 2.75) is 18.4 Å². The van der Waals surface area contributed by atoms with Crippen LogP contribution in [0.1, 0.15) is 29.5 Å². The maximum absolute atomic E-state index is 5.42. The van der Waals surface area contributed by atoms with Crippen LogP contribution in [0.4, 0.5) is 5.69 Å². The summed E-state index contributed by atoms with van der Waals surface area (Å²) in [5.74, 6) is 1.79. The first kappa shape index (κ1) is 14.5. The minimum absolute atomic E-state index is 0.273. The highest BCUT2D eigenvalue weighted by Gasteiger charge is 2.27. The Bertz CT molecular complexity index is 667. The normalized spacial score (nSPS) is 19.7. The van der Waals surface area contributed by atoms with Gasteiger partial charge in [-0.3, -0.25) is 0 Å². The molecule has 3 rings (SSSR count). The zero-order valence-electron chi connectivity index (χ0n) is 13.0. The fourth-order valence-electron chi connectivity index (χ4n) is 3.08. The van der Waals surface area contributed by atoms with Crippen LogP contribution in [0.25, 0.3) is 0 Å². The Kier molecular flexibility index (Phi) is 4.05. The van der Waals surface area contributed by atoms with Crippen molar-refractivity contribution in [2.24, 2.45) is 0 Å². The lowest BCUT2D eigenvalue weighted by molar-refractivity contribution is 0.354. The van der Waals surface area contributed by atoms with Crippen LogP contribution in [0, 0.1) is 0 Å². The van der Waals surface area contributed by atoms with Gasteiger partial charge in [-0.2, -0.15) is 0 Å². The fraction of sp³-hybridized carbons (Fsp3) is 0.263. The first-order chi connectivity index (χ1) is 10.8. The molecule has 2 aromatic rings. The molecular formula is C19H21NO2. The van der Waals surface area contributed by atoms with Crippen molar-refractivity contribution in [3.63, 3.8) is 0 Å². The number of anilines is 1. The summed E-state index contributed by atoms with van der Waals surface area (Å²) in [5.41, 5.74) is 3.58. The third-order valence-corrected chi connectivity index (χ3v) is 4.26. The molecule has 1 heterocycles. The fourth-order valence-corrected chi connectivity index (χ4v) is 3.08. The second-order valence-electron chi connectivity index (χ2n) is 5.48. The van der Waals surface area contributed by atoms with Gasteiger partial charge < -0.3 is 14.8 Å². The Morgan fingerprint density at radius 2 is 1.77 bits per heavy atom. The van der Waals surface area contributed by atoms with Gasteiger partial charge in [-0.15, -0.1) is 6.58 Å². The molecular weight excluding hydrogens is 274 g/mol. The van der Waals surface area contributed by atoms with Crippen LogP contribution in [0.15, 0.2) is 55.1 Å². The maximum Gasteiger partial charge on any atom is 0.162 e. The molecule has 0 saturated carbocycles. The summed E-state index contributed by atoms with van der Waals surface area (Å²) in [6.45, 7) is 4.01. The van der Waals surface area contributed by atoms with E-state index in [9.17, 15) is 0 Å². The molecule has 0 bridgehead atoms. The van der Waals surface area contributed by atoms with E-state index in [1.54, 1.807) is 14.2 Å². The van der Waals surface area contributed by atoms with Crippen LogP contribution in [-0.2, 0) is 0 Å². The van der Waals surface area contributed by atoms with E-state index in [2.05, 4.69) is 42.2 Å². The van der Waals surface area contributed by atoms with Gasteiger partial charge in [0.15, 0.2) is 11.5 Å². The molecule has 2 aromatic carbocycles. The van der Waals surface area contributed by atoms with Crippen LogP contribution < -0.4 is 14.8 Å². The maximum atomic E-state index is 5.42. The lowest BCUT2D eigenvalue weighted by Crippen LogP contribution is -2.21. The Balaban J connectivity index is 2.02. The number of benzene rings is 2. The molecule has 0 aliphatic carbocycles. The van der Waals surface area contributed by atoms with E-state index in [1.807, 2.05) is 18.2 Å². The zero-order valence-corrected chi connectivity index (χ0v) is 13.0. The molecule has 1 aliphatic rings. The van der Waals surface area contributed by atoms with E-state index in [4.69, 9.17) is 9.47 Å². The van der Waals surface area contributed by atoms with E-state index in [0.717, 1.165) is 23.6 Å². The highest BCUT2D eigenvalue weighted by molar-refractivity contribution is 5.65.